The second-order valence-electron chi connectivity index (χ2n) is 5.74. The summed E-state index contributed by atoms with van der Waals surface area (Å²) in [5.41, 5.74) is 4.92. The van der Waals surface area contributed by atoms with E-state index in [0.717, 1.165) is 6.07 Å². The van der Waals surface area contributed by atoms with Crippen LogP contribution in [0.2, 0.25) is 5.02 Å². The third kappa shape index (κ3) is 4.70. The molecule has 0 radical (unpaired) electrons. The molecule has 1 aromatic rings. The van der Waals surface area contributed by atoms with Crippen molar-refractivity contribution in [3.63, 3.8) is 0 Å². The Morgan fingerprint density at radius 2 is 2.08 bits per heavy atom. The number of nitrogens with one attached hydrogen (secondary N) is 1. The minimum Gasteiger partial charge on any atom is -0.376 e. The Kier molecular flexibility index (Phi) is 6.14. The number of nitrogens with two attached hydrogens (primary N) is 1. The van der Waals surface area contributed by atoms with Gasteiger partial charge in [0.15, 0.2) is 0 Å². The minimum absolute atomic E-state index is 0.0543. The van der Waals surface area contributed by atoms with E-state index in [4.69, 9.17) is 17.3 Å². The zero-order chi connectivity index (χ0) is 19.3. The highest BCUT2D eigenvalue weighted by atomic mass is 35.5. The minimum atomic E-state index is -0.693. The van der Waals surface area contributed by atoms with Crippen LogP contribution in [-0.2, 0) is 9.59 Å². The number of nitro benzene ring substituents is 1. The van der Waals surface area contributed by atoms with E-state index in [-0.39, 0.29) is 33.8 Å². The molecule has 0 bridgehead atoms. The van der Waals surface area contributed by atoms with Crippen molar-refractivity contribution in [1.82, 2.24) is 4.90 Å². The molecular formula is C16H16ClN5O4. The first-order valence-electron chi connectivity index (χ1n) is 7.72. The molecule has 0 atom stereocenters. The average Bonchev–Trinajstić information content (AvgIpc) is 2.61. The number of nitro groups is 1. The number of hydrogen-bond donors (Lipinski definition) is 2. The number of primary amides is 1. The molecule has 0 aromatic heterocycles. The van der Waals surface area contributed by atoms with Crippen LogP contribution in [0.1, 0.15) is 12.8 Å². The lowest BCUT2D eigenvalue weighted by Crippen LogP contribution is -2.36. The summed E-state index contributed by atoms with van der Waals surface area (Å²) in [6, 6.07) is 5.62. The third-order valence-electron chi connectivity index (χ3n) is 4.01. The molecule has 0 unspecified atom stereocenters. The molecule has 3 N–H and O–H groups in total. The smallest absolute Gasteiger partial charge is 0.289 e. The fourth-order valence-corrected chi connectivity index (χ4v) is 2.75. The summed E-state index contributed by atoms with van der Waals surface area (Å²) in [5, 5.41) is 22.5. The number of hydrogen-bond acceptors (Lipinski definition) is 6. The normalized spacial score (nSPS) is 15.2. The van der Waals surface area contributed by atoms with Crippen molar-refractivity contribution in [1.29, 1.82) is 5.26 Å². The van der Waals surface area contributed by atoms with Gasteiger partial charge in [-0.1, -0.05) is 11.6 Å². The van der Waals surface area contributed by atoms with Crippen molar-refractivity contribution in [2.45, 2.75) is 12.8 Å². The van der Waals surface area contributed by atoms with Crippen molar-refractivity contribution in [3.8, 4) is 6.07 Å². The molecule has 9 nitrogen and oxygen atoms in total. The number of nitriles is 1. The molecular weight excluding hydrogens is 362 g/mol. The molecule has 1 aromatic carbocycles. The maximum Gasteiger partial charge on any atom is 0.289 e. The monoisotopic (exact) mass is 377 g/mol. The number of amides is 2. The van der Waals surface area contributed by atoms with Crippen LogP contribution < -0.4 is 11.1 Å². The van der Waals surface area contributed by atoms with E-state index in [2.05, 4.69) is 5.32 Å². The number of likely N-dealkylation sites (tertiary alicyclic amines) is 1. The van der Waals surface area contributed by atoms with E-state index in [0.29, 0.717) is 25.9 Å². The van der Waals surface area contributed by atoms with Gasteiger partial charge in [-0.15, -0.1) is 0 Å². The van der Waals surface area contributed by atoms with Crippen LogP contribution in [0.25, 0.3) is 0 Å². The van der Waals surface area contributed by atoms with Crippen LogP contribution in [-0.4, -0.2) is 34.7 Å². The van der Waals surface area contributed by atoms with E-state index in [1.165, 1.54) is 18.3 Å². The van der Waals surface area contributed by atoms with Gasteiger partial charge >= 0.3 is 0 Å². The Morgan fingerprint density at radius 3 is 2.62 bits per heavy atom. The molecule has 0 spiro atoms. The fraction of sp³-hybridized carbons (Fsp3) is 0.312. The Hall–Kier alpha value is -3.12. The lowest BCUT2D eigenvalue weighted by Gasteiger charge is -2.29. The number of benzene rings is 1. The van der Waals surface area contributed by atoms with Crippen molar-refractivity contribution in [2.75, 3.05) is 18.4 Å². The summed E-state index contributed by atoms with van der Waals surface area (Å²) < 4.78 is 0. The van der Waals surface area contributed by atoms with Crippen molar-refractivity contribution in [2.24, 2.45) is 11.7 Å². The Bertz CT molecular complexity index is 809. The molecule has 2 rings (SSSR count). The largest absolute Gasteiger partial charge is 0.376 e. The van der Waals surface area contributed by atoms with Crippen LogP contribution in [0.4, 0.5) is 11.4 Å². The first-order chi connectivity index (χ1) is 12.3. The lowest BCUT2D eigenvalue weighted by molar-refractivity contribution is -0.384. The summed E-state index contributed by atoms with van der Waals surface area (Å²) in [6.45, 7) is 0.997. The van der Waals surface area contributed by atoms with Gasteiger partial charge in [0.05, 0.1) is 4.92 Å². The number of nitrogens with zero attached hydrogens (tertiary/aromatic N) is 3. The van der Waals surface area contributed by atoms with E-state index < -0.39 is 10.8 Å². The molecule has 1 saturated heterocycles. The second kappa shape index (κ2) is 8.31. The highest BCUT2D eigenvalue weighted by Crippen LogP contribution is 2.27. The summed E-state index contributed by atoms with van der Waals surface area (Å²) in [7, 11) is 0. The van der Waals surface area contributed by atoms with Crippen molar-refractivity contribution >= 4 is 34.8 Å². The Balaban J connectivity index is 2.08. The van der Waals surface area contributed by atoms with Crippen LogP contribution in [0, 0.1) is 27.4 Å². The summed E-state index contributed by atoms with van der Waals surface area (Å²) >= 11 is 5.72. The molecule has 26 heavy (non-hydrogen) atoms. The maximum absolute atomic E-state index is 12.3. The molecule has 0 aliphatic carbocycles. The van der Waals surface area contributed by atoms with Gasteiger partial charge in [0.25, 0.3) is 11.6 Å². The molecule has 1 heterocycles. The molecule has 1 aliphatic heterocycles. The first-order valence-corrected chi connectivity index (χ1v) is 8.10. The SMILES string of the molecule is N#C/C(=C/N1CCC(C(N)=O)CC1)C(=O)Nc1ccc(Cl)c([N+](=O)[O-])c1. The number of piperidine rings is 1. The summed E-state index contributed by atoms with van der Waals surface area (Å²) in [5.74, 6) is -1.24. The zero-order valence-corrected chi connectivity index (χ0v) is 14.4. The molecule has 1 aliphatic rings. The predicted octanol–water partition coefficient (Wildman–Crippen LogP) is 1.79. The standard InChI is InChI=1S/C16H16ClN5O4/c17-13-2-1-12(7-14(13)22(25)26)20-16(24)11(8-18)9-21-5-3-10(4-6-21)15(19)23/h1-2,7,9-10H,3-6H2,(H2,19,23)(H,20,24)/b11-9-. The number of rotatable bonds is 5. The predicted molar refractivity (Wildman–Crippen MR) is 93.9 cm³/mol. The lowest BCUT2D eigenvalue weighted by atomic mass is 9.96. The van der Waals surface area contributed by atoms with Gasteiger partial charge in [0.1, 0.15) is 16.7 Å². The molecule has 1 fully saturated rings. The van der Waals surface area contributed by atoms with Gasteiger partial charge in [0, 0.05) is 37.0 Å². The topological polar surface area (TPSA) is 142 Å². The van der Waals surface area contributed by atoms with E-state index in [1.807, 2.05) is 6.07 Å². The highest BCUT2D eigenvalue weighted by molar-refractivity contribution is 6.32. The first kappa shape index (κ1) is 19.2. The van der Waals surface area contributed by atoms with Gasteiger partial charge < -0.3 is 16.0 Å². The van der Waals surface area contributed by atoms with Crippen LogP contribution in [0.3, 0.4) is 0 Å². The van der Waals surface area contributed by atoms with Crippen molar-refractivity contribution < 1.29 is 14.5 Å². The van der Waals surface area contributed by atoms with Gasteiger partial charge in [-0.05, 0) is 25.0 Å². The molecule has 136 valence electrons. The van der Waals surface area contributed by atoms with Crippen LogP contribution in [0.5, 0.6) is 0 Å². The van der Waals surface area contributed by atoms with Gasteiger partial charge in [-0.3, -0.25) is 19.7 Å². The van der Waals surface area contributed by atoms with Crippen LogP contribution in [0.15, 0.2) is 30.0 Å². The second-order valence-corrected chi connectivity index (χ2v) is 6.15. The number of halogens is 1. The number of anilines is 1. The maximum atomic E-state index is 12.3. The number of carbonyl (C=O) groups is 2. The highest BCUT2D eigenvalue weighted by Gasteiger charge is 2.23. The molecule has 2 amide bonds. The average molecular weight is 378 g/mol. The van der Waals surface area contributed by atoms with E-state index in [9.17, 15) is 25.0 Å². The van der Waals surface area contributed by atoms with Crippen LogP contribution >= 0.6 is 11.6 Å². The Morgan fingerprint density at radius 1 is 1.42 bits per heavy atom. The van der Waals surface area contributed by atoms with Gasteiger partial charge in [-0.2, -0.15) is 5.26 Å². The third-order valence-corrected chi connectivity index (χ3v) is 4.33. The van der Waals surface area contributed by atoms with E-state index in [1.54, 1.807) is 4.90 Å². The fourth-order valence-electron chi connectivity index (χ4n) is 2.56. The van der Waals surface area contributed by atoms with Gasteiger partial charge in [-0.25, -0.2) is 0 Å². The zero-order valence-electron chi connectivity index (χ0n) is 13.6. The van der Waals surface area contributed by atoms with Crippen molar-refractivity contribution in [3.05, 3.63) is 45.1 Å². The van der Waals surface area contributed by atoms with Gasteiger partial charge in [0.2, 0.25) is 5.91 Å². The summed E-state index contributed by atoms with van der Waals surface area (Å²) in [4.78, 5) is 35.4. The van der Waals surface area contributed by atoms with E-state index >= 15 is 0 Å². The molecule has 10 heteroatoms. The quantitative estimate of drug-likeness (QED) is 0.346. The number of carbonyl (C=O) groups excluding carboxylic acids is 2. The summed E-state index contributed by atoms with van der Waals surface area (Å²) in [6.07, 6.45) is 2.52. The molecule has 0 saturated carbocycles. The Labute approximate surface area is 154 Å².